The number of fused-ring (bicyclic) bond motifs is 1. The standard InChI is InChI=1S/C16H25N5O/c1-15(2,3)21-12-11(9-17-21)13(22)19-14(18-12)20-8-6-7-16(4,5)10-20/h9H,6-8,10H2,1-5H3,(H,18,19,22). The summed E-state index contributed by atoms with van der Waals surface area (Å²) in [7, 11) is 0. The van der Waals surface area contributed by atoms with Gasteiger partial charge in [-0.25, -0.2) is 4.68 Å². The molecule has 1 fully saturated rings. The minimum Gasteiger partial charge on any atom is -0.342 e. The average Bonchev–Trinajstić information content (AvgIpc) is 2.81. The first-order valence-corrected chi connectivity index (χ1v) is 7.91. The van der Waals surface area contributed by atoms with Crippen LogP contribution in [0.5, 0.6) is 0 Å². The van der Waals surface area contributed by atoms with Crippen LogP contribution in [0.2, 0.25) is 0 Å². The topological polar surface area (TPSA) is 66.8 Å². The van der Waals surface area contributed by atoms with Gasteiger partial charge in [-0.05, 0) is 39.0 Å². The number of nitrogens with zero attached hydrogens (tertiary/aromatic N) is 4. The molecule has 1 aliphatic heterocycles. The molecule has 0 spiro atoms. The smallest absolute Gasteiger partial charge is 0.263 e. The summed E-state index contributed by atoms with van der Waals surface area (Å²) in [5.74, 6) is 0.663. The van der Waals surface area contributed by atoms with E-state index < -0.39 is 0 Å². The number of anilines is 1. The van der Waals surface area contributed by atoms with Gasteiger partial charge in [-0.15, -0.1) is 0 Å². The number of hydrogen-bond acceptors (Lipinski definition) is 4. The van der Waals surface area contributed by atoms with Gasteiger partial charge in [0.25, 0.3) is 5.56 Å². The fourth-order valence-corrected chi connectivity index (χ4v) is 3.15. The second kappa shape index (κ2) is 4.83. The second-order valence-electron chi connectivity index (χ2n) is 8.04. The molecule has 0 aliphatic carbocycles. The van der Waals surface area contributed by atoms with Crippen LogP contribution in [-0.4, -0.2) is 32.8 Å². The van der Waals surface area contributed by atoms with Crippen LogP contribution in [0.3, 0.4) is 0 Å². The molecule has 2 aromatic rings. The van der Waals surface area contributed by atoms with E-state index in [0.717, 1.165) is 19.5 Å². The maximum atomic E-state index is 12.4. The summed E-state index contributed by atoms with van der Waals surface area (Å²) in [4.78, 5) is 22.2. The first-order valence-electron chi connectivity index (χ1n) is 7.91. The Hall–Kier alpha value is -1.85. The third-order valence-electron chi connectivity index (χ3n) is 4.26. The van der Waals surface area contributed by atoms with Crippen LogP contribution in [0.25, 0.3) is 11.0 Å². The monoisotopic (exact) mass is 303 g/mol. The Morgan fingerprint density at radius 3 is 2.68 bits per heavy atom. The molecular formula is C16H25N5O. The highest BCUT2D eigenvalue weighted by Gasteiger charge is 2.28. The summed E-state index contributed by atoms with van der Waals surface area (Å²) in [6.45, 7) is 12.5. The zero-order valence-corrected chi connectivity index (χ0v) is 14.1. The molecule has 0 unspecified atom stereocenters. The van der Waals surface area contributed by atoms with E-state index in [1.54, 1.807) is 6.20 Å². The summed E-state index contributed by atoms with van der Waals surface area (Å²) in [6.07, 6.45) is 3.93. The lowest BCUT2D eigenvalue weighted by molar-refractivity contribution is 0.291. The molecule has 120 valence electrons. The molecule has 1 aliphatic rings. The third-order valence-corrected chi connectivity index (χ3v) is 4.26. The molecular weight excluding hydrogens is 278 g/mol. The lowest BCUT2D eigenvalue weighted by Gasteiger charge is -2.38. The maximum Gasteiger partial charge on any atom is 0.263 e. The van der Waals surface area contributed by atoms with E-state index >= 15 is 0 Å². The Bertz CT molecular complexity index is 750. The highest BCUT2D eigenvalue weighted by Crippen LogP contribution is 2.30. The average molecular weight is 303 g/mol. The van der Waals surface area contributed by atoms with Crippen LogP contribution in [0, 0.1) is 5.41 Å². The van der Waals surface area contributed by atoms with Crippen molar-refractivity contribution in [1.29, 1.82) is 0 Å². The van der Waals surface area contributed by atoms with Gasteiger partial charge in [-0.2, -0.15) is 10.1 Å². The summed E-state index contributed by atoms with van der Waals surface area (Å²) >= 11 is 0. The van der Waals surface area contributed by atoms with E-state index in [0.29, 0.717) is 17.0 Å². The molecule has 1 saturated heterocycles. The van der Waals surface area contributed by atoms with Crippen LogP contribution >= 0.6 is 0 Å². The zero-order valence-electron chi connectivity index (χ0n) is 14.1. The minimum absolute atomic E-state index is 0.112. The van der Waals surface area contributed by atoms with Gasteiger partial charge in [-0.1, -0.05) is 13.8 Å². The summed E-state index contributed by atoms with van der Waals surface area (Å²) in [6, 6.07) is 0. The molecule has 0 radical (unpaired) electrons. The number of nitrogens with one attached hydrogen (secondary N) is 1. The van der Waals surface area contributed by atoms with Crippen LogP contribution in [0.4, 0.5) is 5.95 Å². The SMILES string of the molecule is CC1(C)CCCN(c2nc3c(cnn3C(C)(C)C)c(=O)[nH]2)C1. The molecule has 0 aromatic carbocycles. The van der Waals surface area contributed by atoms with E-state index in [2.05, 4.69) is 49.6 Å². The minimum atomic E-state index is -0.207. The van der Waals surface area contributed by atoms with Gasteiger partial charge in [0.15, 0.2) is 5.65 Å². The molecule has 3 heterocycles. The van der Waals surface area contributed by atoms with Crippen molar-refractivity contribution in [2.45, 2.75) is 53.0 Å². The third kappa shape index (κ3) is 2.62. The highest BCUT2D eigenvalue weighted by atomic mass is 16.1. The number of aromatic nitrogens is 4. The Morgan fingerprint density at radius 1 is 1.32 bits per heavy atom. The van der Waals surface area contributed by atoms with Gasteiger partial charge in [0.05, 0.1) is 11.7 Å². The van der Waals surface area contributed by atoms with E-state index in [9.17, 15) is 4.79 Å². The van der Waals surface area contributed by atoms with Crippen LogP contribution in [-0.2, 0) is 5.54 Å². The van der Waals surface area contributed by atoms with E-state index in [4.69, 9.17) is 4.98 Å². The number of piperidine rings is 1. The number of rotatable bonds is 1. The van der Waals surface area contributed by atoms with Crippen molar-refractivity contribution in [3.8, 4) is 0 Å². The lowest BCUT2D eigenvalue weighted by atomic mass is 9.84. The largest absolute Gasteiger partial charge is 0.342 e. The van der Waals surface area contributed by atoms with Crippen molar-refractivity contribution in [2.75, 3.05) is 18.0 Å². The molecule has 22 heavy (non-hydrogen) atoms. The molecule has 6 nitrogen and oxygen atoms in total. The summed E-state index contributed by atoms with van der Waals surface area (Å²) in [5.41, 5.74) is 0.588. The predicted octanol–water partition coefficient (Wildman–Crippen LogP) is 2.50. The van der Waals surface area contributed by atoms with Crippen molar-refractivity contribution in [1.82, 2.24) is 19.7 Å². The Morgan fingerprint density at radius 2 is 2.05 bits per heavy atom. The van der Waals surface area contributed by atoms with Crippen LogP contribution in [0.15, 0.2) is 11.0 Å². The molecule has 2 aromatic heterocycles. The molecule has 0 atom stereocenters. The summed E-state index contributed by atoms with van der Waals surface area (Å²) in [5, 5.41) is 4.91. The highest BCUT2D eigenvalue weighted by molar-refractivity contribution is 5.74. The van der Waals surface area contributed by atoms with Crippen molar-refractivity contribution in [3.63, 3.8) is 0 Å². The maximum absolute atomic E-state index is 12.4. The lowest BCUT2D eigenvalue weighted by Crippen LogP contribution is -2.41. The van der Waals surface area contributed by atoms with Crippen molar-refractivity contribution in [3.05, 3.63) is 16.6 Å². The second-order valence-corrected chi connectivity index (χ2v) is 8.04. The van der Waals surface area contributed by atoms with Crippen LogP contribution < -0.4 is 10.5 Å². The van der Waals surface area contributed by atoms with Gasteiger partial charge in [0, 0.05) is 13.1 Å². The predicted molar refractivity (Wildman–Crippen MR) is 88.4 cm³/mol. The van der Waals surface area contributed by atoms with Crippen molar-refractivity contribution < 1.29 is 0 Å². The Labute approximate surface area is 130 Å². The quantitative estimate of drug-likeness (QED) is 0.879. The van der Waals surface area contributed by atoms with Gasteiger partial charge in [0.2, 0.25) is 5.95 Å². The fraction of sp³-hybridized carbons (Fsp3) is 0.688. The molecule has 0 amide bonds. The van der Waals surface area contributed by atoms with Gasteiger partial charge in [-0.3, -0.25) is 9.78 Å². The number of hydrogen-bond donors (Lipinski definition) is 1. The van der Waals surface area contributed by atoms with Gasteiger partial charge < -0.3 is 4.90 Å². The molecule has 6 heteroatoms. The Balaban J connectivity index is 2.10. The number of aromatic amines is 1. The molecule has 0 bridgehead atoms. The van der Waals surface area contributed by atoms with Crippen LogP contribution in [0.1, 0.15) is 47.5 Å². The van der Waals surface area contributed by atoms with E-state index in [1.165, 1.54) is 6.42 Å². The van der Waals surface area contributed by atoms with E-state index in [-0.39, 0.29) is 16.5 Å². The number of H-pyrrole nitrogens is 1. The first-order chi connectivity index (χ1) is 10.2. The summed E-state index contributed by atoms with van der Waals surface area (Å²) < 4.78 is 1.83. The normalized spacial score (nSPS) is 18.9. The van der Waals surface area contributed by atoms with Gasteiger partial charge in [0.1, 0.15) is 5.39 Å². The molecule has 3 rings (SSSR count). The molecule has 1 N–H and O–H groups in total. The van der Waals surface area contributed by atoms with Gasteiger partial charge >= 0.3 is 0 Å². The van der Waals surface area contributed by atoms with Crippen molar-refractivity contribution >= 4 is 17.0 Å². The molecule has 0 saturated carbocycles. The first kappa shape index (κ1) is 15.1. The van der Waals surface area contributed by atoms with E-state index in [1.807, 2.05) is 4.68 Å². The van der Waals surface area contributed by atoms with Crippen molar-refractivity contribution in [2.24, 2.45) is 5.41 Å². The fourth-order valence-electron chi connectivity index (χ4n) is 3.15. The Kier molecular flexibility index (Phi) is 3.30. The zero-order chi connectivity index (χ0) is 16.1.